The third-order valence-electron chi connectivity index (χ3n) is 5.24. The van der Waals surface area contributed by atoms with Crippen LogP contribution in [0, 0.1) is 23.2 Å². The van der Waals surface area contributed by atoms with E-state index in [9.17, 15) is 4.79 Å². The Kier molecular flexibility index (Phi) is 3.10. The second-order valence-corrected chi connectivity index (χ2v) is 6.91. The van der Waals surface area contributed by atoms with Gasteiger partial charge in [0.05, 0.1) is 12.6 Å². The minimum atomic E-state index is -0.0579. The molecule has 4 fully saturated rings. The van der Waals surface area contributed by atoms with Crippen molar-refractivity contribution in [2.24, 2.45) is 29.1 Å². The molecule has 102 valence electrons. The van der Waals surface area contributed by atoms with Crippen LogP contribution in [0.4, 0.5) is 0 Å². The SMILES string of the molecule is CC(CON)NC(=O)C12CC3CC(CC(C3)C1)C2. The Labute approximate surface area is 109 Å². The Balaban J connectivity index is 1.69. The zero-order valence-electron chi connectivity index (χ0n) is 11.2. The van der Waals surface area contributed by atoms with Gasteiger partial charge in [-0.25, -0.2) is 5.90 Å². The molecule has 4 bridgehead atoms. The van der Waals surface area contributed by atoms with Crippen molar-refractivity contribution in [2.75, 3.05) is 6.61 Å². The Morgan fingerprint density at radius 1 is 1.28 bits per heavy atom. The standard InChI is InChI=1S/C14H24N2O2/c1-9(8-18-15)16-13(17)14-5-10-2-11(6-14)4-12(3-10)7-14/h9-12H,2-8,15H2,1H3,(H,16,17). The summed E-state index contributed by atoms with van der Waals surface area (Å²) < 4.78 is 0. The van der Waals surface area contributed by atoms with E-state index in [4.69, 9.17) is 5.90 Å². The van der Waals surface area contributed by atoms with Gasteiger partial charge < -0.3 is 10.2 Å². The maximum atomic E-state index is 12.6. The zero-order valence-corrected chi connectivity index (χ0v) is 11.2. The second-order valence-electron chi connectivity index (χ2n) is 6.91. The molecule has 4 aliphatic rings. The Hall–Kier alpha value is -0.610. The highest BCUT2D eigenvalue weighted by molar-refractivity contribution is 5.83. The fraction of sp³-hybridized carbons (Fsp3) is 0.929. The predicted octanol–water partition coefficient (Wildman–Crippen LogP) is 1.60. The molecule has 3 N–H and O–H groups in total. The fourth-order valence-corrected chi connectivity index (χ4v) is 4.95. The fourth-order valence-electron chi connectivity index (χ4n) is 4.95. The summed E-state index contributed by atoms with van der Waals surface area (Å²) in [5.74, 6) is 7.74. The Bertz CT molecular complexity index is 307. The molecule has 1 atom stereocenters. The third kappa shape index (κ3) is 2.05. The normalized spacial score (nSPS) is 42.9. The van der Waals surface area contributed by atoms with Crippen molar-refractivity contribution in [2.45, 2.75) is 51.5 Å². The molecule has 4 aliphatic carbocycles. The lowest BCUT2D eigenvalue weighted by molar-refractivity contribution is -0.147. The van der Waals surface area contributed by atoms with Crippen molar-refractivity contribution >= 4 is 5.91 Å². The summed E-state index contributed by atoms with van der Waals surface area (Å²) in [6.45, 7) is 2.34. The summed E-state index contributed by atoms with van der Waals surface area (Å²) in [4.78, 5) is 17.2. The summed E-state index contributed by atoms with van der Waals surface area (Å²) in [5, 5.41) is 3.09. The maximum Gasteiger partial charge on any atom is 0.226 e. The molecular formula is C14H24N2O2. The monoisotopic (exact) mass is 252 g/mol. The number of rotatable bonds is 4. The molecule has 4 heteroatoms. The number of hydrogen-bond acceptors (Lipinski definition) is 3. The van der Waals surface area contributed by atoms with Crippen LogP contribution in [0.25, 0.3) is 0 Å². The number of carbonyl (C=O) groups is 1. The lowest BCUT2D eigenvalue weighted by atomic mass is 9.49. The Morgan fingerprint density at radius 3 is 2.22 bits per heavy atom. The number of carbonyl (C=O) groups excluding carboxylic acids is 1. The molecule has 0 heterocycles. The first kappa shape index (κ1) is 12.4. The number of nitrogens with two attached hydrogens (primary N) is 1. The number of nitrogens with one attached hydrogen (secondary N) is 1. The van der Waals surface area contributed by atoms with Gasteiger partial charge in [0.15, 0.2) is 0 Å². The van der Waals surface area contributed by atoms with Gasteiger partial charge in [-0.3, -0.25) is 4.79 Å². The van der Waals surface area contributed by atoms with Gasteiger partial charge in [-0.15, -0.1) is 0 Å². The third-order valence-corrected chi connectivity index (χ3v) is 5.24. The topological polar surface area (TPSA) is 64.3 Å². The highest BCUT2D eigenvalue weighted by atomic mass is 16.6. The van der Waals surface area contributed by atoms with Gasteiger partial charge in [0.1, 0.15) is 0 Å². The first-order valence-electron chi connectivity index (χ1n) is 7.24. The van der Waals surface area contributed by atoms with Gasteiger partial charge in [-0.2, -0.15) is 0 Å². The van der Waals surface area contributed by atoms with Crippen LogP contribution >= 0.6 is 0 Å². The lowest BCUT2D eigenvalue weighted by Gasteiger charge is -2.55. The molecule has 0 saturated heterocycles. The van der Waals surface area contributed by atoms with Crippen LogP contribution in [0.1, 0.15) is 45.4 Å². The van der Waals surface area contributed by atoms with E-state index in [-0.39, 0.29) is 17.4 Å². The van der Waals surface area contributed by atoms with E-state index >= 15 is 0 Å². The van der Waals surface area contributed by atoms with E-state index in [0.717, 1.165) is 37.0 Å². The van der Waals surface area contributed by atoms with E-state index in [0.29, 0.717) is 6.61 Å². The smallest absolute Gasteiger partial charge is 0.226 e. The van der Waals surface area contributed by atoms with Gasteiger partial charge in [-0.1, -0.05) is 0 Å². The minimum Gasteiger partial charge on any atom is -0.351 e. The molecule has 0 radical (unpaired) electrons. The average molecular weight is 252 g/mol. The van der Waals surface area contributed by atoms with Crippen LogP contribution in [-0.2, 0) is 9.63 Å². The molecule has 0 aromatic carbocycles. The van der Waals surface area contributed by atoms with Crippen LogP contribution in [0.2, 0.25) is 0 Å². The van der Waals surface area contributed by atoms with Crippen molar-refractivity contribution in [1.82, 2.24) is 5.32 Å². The van der Waals surface area contributed by atoms with Gasteiger partial charge in [0.2, 0.25) is 5.91 Å². The molecule has 18 heavy (non-hydrogen) atoms. The van der Waals surface area contributed by atoms with Crippen LogP contribution in [0.15, 0.2) is 0 Å². The van der Waals surface area contributed by atoms with Crippen molar-refractivity contribution < 1.29 is 9.63 Å². The average Bonchev–Trinajstić information content (AvgIpc) is 2.27. The van der Waals surface area contributed by atoms with Gasteiger partial charge in [-0.05, 0) is 63.2 Å². The van der Waals surface area contributed by atoms with Crippen molar-refractivity contribution in [1.29, 1.82) is 0 Å². The second kappa shape index (κ2) is 4.49. The summed E-state index contributed by atoms with van der Waals surface area (Å²) in [7, 11) is 0. The maximum absolute atomic E-state index is 12.6. The molecule has 0 aromatic heterocycles. The van der Waals surface area contributed by atoms with E-state index in [2.05, 4.69) is 10.2 Å². The molecule has 1 unspecified atom stereocenters. The summed E-state index contributed by atoms with van der Waals surface area (Å²) in [5.41, 5.74) is -0.0579. The first-order chi connectivity index (χ1) is 8.61. The minimum absolute atomic E-state index is 0.00973. The largest absolute Gasteiger partial charge is 0.351 e. The highest BCUT2D eigenvalue weighted by Gasteiger charge is 2.54. The van der Waals surface area contributed by atoms with Gasteiger partial charge in [0.25, 0.3) is 0 Å². The number of hydrogen-bond donors (Lipinski definition) is 2. The van der Waals surface area contributed by atoms with Crippen molar-refractivity contribution in [3.8, 4) is 0 Å². The van der Waals surface area contributed by atoms with E-state index in [1.165, 1.54) is 19.3 Å². The number of amides is 1. The summed E-state index contributed by atoms with van der Waals surface area (Å²) >= 11 is 0. The molecular weight excluding hydrogens is 228 g/mol. The predicted molar refractivity (Wildman–Crippen MR) is 68.3 cm³/mol. The summed E-state index contributed by atoms with van der Waals surface area (Å²) in [6.07, 6.45) is 7.44. The van der Waals surface area contributed by atoms with E-state index < -0.39 is 0 Å². The van der Waals surface area contributed by atoms with Crippen LogP contribution in [-0.4, -0.2) is 18.6 Å². The summed E-state index contributed by atoms with van der Waals surface area (Å²) in [6, 6.07) is 0.00973. The van der Waals surface area contributed by atoms with Gasteiger partial charge >= 0.3 is 0 Å². The molecule has 0 aliphatic heterocycles. The van der Waals surface area contributed by atoms with Gasteiger partial charge in [0, 0.05) is 5.41 Å². The quantitative estimate of drug-likeness (QED) is 0.747. The van der Waals surface area contributed by atoms with Crippen molar-refractivity contribution in [3.63, 3.8) is 0 Å². The lowest BCUT2D eigenvalue weighted by Crippen LogP contribution is -2.55. The molecule has 0 aromatic rings. The van der Waals surface area contributed by atoms with Crippen LogP contribution in [0.3, 0.4) is 0 Å². The molecule has 4 rings (SSSR count). The molecule has 4 saturated carbocycles. The van der Waals surface area contributed by atoms with E-state index in [1.54, 1.807) is 0 Å². The highest BCUT2D eigenvalue weighted by Crippen LogP contribution is 2.60. The molecule has 0 spiro atoms. The zero-order chi connectivity index (χ0) is 12.8. The van der Waals surface area contributed by atoms with Crippen LogP contribution in [0.5, 0.6) is 0 Å². The Morgan fingerprint density at radius 2 is 1.78 bits per heavy atom. The van der Waals surface area contributed by atoms with E-state index in [1.807, 2.05) is 6.92 Å². The van der Waals surface area contributed by atoms with Crippen LogP contribution < -0.4 is 11.2 Å². The van der Waals surface area contributed by atoms with Crippen molar-refractivity contribution in [3.05, 3.63) is 0 Å². The molecule has 4 nitrogen and oxygen atoms in total. The molecule has 1 amide bonds. The first-order valence-corrected chi connectivity index (χ1v) is 7.24.